The largest absolute Gasteiger partial charge is 0.324 e. The van der Waals surface area contributed by atoms with E-state index in [0.717, 1.165) is 10.9 Å². The summed E-state index contributed by atoms with van der Waals surface area (Å²) in [5.74, 6) is 1.47. The van der Waals surface area contributed by atoms with E-state index in [0.29, 0.717) is 5.92 Å². The monoisotopic (exact) mass is 237 g/mol. The van der Waals surface area contributed by atoms with E-state index in [1.54, 1.807) is 0 Å². The van der Waals surface area contributed by atoms with Gasteiger partial charge in [-0.1, -0.05) is 43.5 Å². The van der Waals surface area contributed by atoms with Gasteiger partial charge >= 0.3 is 0 Å². The first-order valence-corrected chi connectivity index (χ1v) is 6.55. The molecule has 1 aromatic rings. The number of nitrogens with two attached hydrogens (primary N) is 1. The number of halogens is 1. The van der Waals surface area contributed by atoms with Gasteiger partial charge in [-0.3, -0.25) is 0 Å². The molecule has 2 rings (SSSR count). The van der Waals surface area contributed by atoms with Gasteiger partial charge in [-0.2, -0.15) is 0 Å². The summed E-state index contributed by atoms with van der Waals surface area (Å²) in [5, 5.41) is 0.785. The molecule has 3 atom stereocenters. The Hall–Kier alpha value is -0.530. The van der Waals surface area contributed by atoms with Crippen LogP contribution >= 0.6 is 11.6 Å². The van der Waals surface area contributed by atoms with Crippen molar-refractivity contribution in [3.05, 3.63) is 34.9 Å². The quantitative estimate of drug-likeness (QED) is 0.821. The molecular weight excluding hydrogens is 218 g/mol. The molecule has 1 aliphatic rings. The van der Waals surface area contributed by atoms with Crippen molar-refractivity contribution in [1.82, 2.24) is 0 Å². The highest BCUT2D eigenvalue weighted by molar-refractivity contribution is 6.30. The van der Waals surface area contributed by atoms with E-state index < -0.39 is 0 Å². The molecular formula is C14H20ClN. The van der Waals surface area contributed by atoms with Crippen molar-refractivity contribution in [3.8, 4) is 0 Å². The van der Waals surface area contributed by atoms with E-state index in [9.17, 15) is 0 Å². The molecule has 1 fully saturated rings. The molecule has 0 radical (unpaired) electrons. The third-order valence-electron chi connectivity index (χ3n) is 3.74. The van der Waals surface area contributed by atoms with E-state index in [4.69, 9.17) is 17.3 Å². The second-order valence-electron chi connectivity index (χ2n) is 5.11. The average molecular weight is 238 g/mol. The van der Waals surface area contributed by atoms with Crippen LogP contribution in [0.15, 0.2) is 24.3 Å². The zero-order valence-electron chi connectivity index (χ0n) is 9.83. The van der Waals surface area contributed by atoms with Crippen LogP contribution in [0.5, 0.6) is 0 Å². The molecule has 2 heteroatoms. The number of hydrogen-bond acceptors (Lipinski definition) is 1. The van der Waals surface area contributed by atoms with Crippen molar-refractivity contribution in [2.45, 2.75) is 38.6 Å². The standard InChI is InChI=1S/C14H20ClN/c1-10-3-2-4-12(9-10)14(16)11-5-7-13(15)8-6-11/h5-8,10,12,14H,2-4,9,16H2,1H3. The second kappa shape index (κ2) is 5.20. The smallest absolute Gasteiger partial charge is 0.0406 e. The Morgan fingerprint density at radius 1 is 1.25 bits per heavy atom. The molecule has 16 heavy (non-hydrogen) atoms. The van der Waals surface area contributed by atoms with Gasteiger partial charge in [0.25, 0.3) is 0 Å². The van der Waals surface area contributed by atoms with Crippen molar-refractivity contribution in [2.24, 2.45) is 17.6 Å². The van der Waals surface area contributed by atoms with Gasteiger partial charge in [0.2, 0.25) is 0 Å². The molecule has 0 aliphatic heterocycles. The van der Waals surface area contributed by atoms with Crippen LogP contribution in [0, 0.1) is 11.8 Å². The molecule has 0 spiro atoms. The Labute approximate surface area is 103 Å². The van der Waals surface area contributed by atoms with Crippen LogP contribution in [0.25, 0.3) is 0 Å². The van der Waals surface area contributed by atoms with Crippen molar-refractivity contribution < 1.29 is 0 Å². The van der Waals surface area contributed by atoms with Gasteiger partial charge in [-0.15, -0.1) is 0 Å². The van der Waals surface area contributed by atoms with Crippen LogP contribution in [0.1, 0.15) is 44.2 Å². The molecule has 1 aromatic carbocycles. The Balaban J connectivity index is 2.06. The third-order valence-corrected chi connectivity index (χ3v) is 3.99. The first-order valence-electron chi connectivity index (χ1n) is 6.18. The highest BCUT2D eigenvalue weighted by Crippen LogP contribution is 2.35. The second-order valence-corrected chi connectivity index (χ2v) is 5.55. The maximum absolute atomic E-state index is 6.34. The van der Waals surface area contributed by atoms with E-state index >= 15 is 0 Å². The zero-order chi connectivity index (χ0) is 11.5. The predicted molar refractivity (Wildman–Crippen MR) is 69.5 cm³/mol. The van der Waals surface area contributed by atoms with Crippen LogP contribution in [0.3, 0.4) is 0 Å². The fraction of sp³-hybridized carbons (Fsp3) is 0.571. The number of benzene rings is 1. The van der Waals surface area contributed by atoms with Gasteiger partial charge in [0, 0.05) is 11.1 Å². The van der Waals surface area contributed by atoms with Crippen LogP contribution in [0.2, 0.25) is 5.02 Å². The Morgan fingerprint density at radius 3 is 2.56 bits per heavy atom. The molecule has 0 saturated heterocycles. The van der Waals surface area contributed by atoms with Crippen molar-refractivity contribution >= 4 is 11.6 Å². The normalized spacial score (nSPS) is 27.7. The number of rotatable bonds is 2. The third kappa shape index (κ3) is 2.78. The summed E-state index contributed by atoms with van der Waals surface area (Å²) in [7, 11) is 0. The molecule has 1 saturated carbocycles. The molecule has 0 heterocycles. The number of hydrogen-bond donors (Lipinski definition) is 1. The first-order chi connectivity index (χ1) is 7.66. The summed E-state index contributed by atoms with van der Waals surface area (Å²) < 4.78 is 0. The van der Waals surface area contributed by atoms with Gasteiger partial charge in [-0.25, -0.2) is 0 Å². The molecule has 88 valence electrons. The summed E-state index contributed by atoms with van der Waals surface area (Å²) in [4.78, 5) is 0. The first kappa shape index (κ1) is 11.9. The summed E-state index contributed by atoms with van der Waals surface area (Å²) >= 11 is 5.88. The Morgan fingerprint density at radius 2 is 1.94 bits per heavy atom. The minimum absolute atomic E-state index is 0.181. The van der Waals surface area contributed by atoms with Gasteiger partial charge < -0.3 is 5.73 Å². The van der Waals surface area contributed by atoms with Crippen LogP contribution in [-0.2, 0) is 0 Å². The fourth-order valence-electron chi connectivity index (χ4n) is 2.76. The minimum atomic E-state index is 0.181. The van der Waals surface area contributed by atoms with Crippen molar-refractivity contribution in [3.63, 3.8) is 0 Å². The summed E-state index contributed by atoms with van der Waals surface area (Å²) in [5.41, 5.74) is 7.56. The lowest BCUT2D eigenvalue weighted by molar-refractivity contribution is 0.248. The summed E-state index contributed by atoms with van der Waals surface area (Å²) in [6.07, 6.45) is 5.23. The molecule has 0 amide bonds. The van der Waals surface area contributed by atoms with Crippen LogP contribution < -0.4 is 5.73 Å². The van der Waals surface area contributed by atoms with Gasteiger partial charge in [0.05, 0.1) is 0 Å². The van der Waals surface area contributed by atoms with Gasteiger partial charge in [-0.05, 0) is 42.4 Å². The van der Waals surface area contributed by atoms with Crippen molar-refractivity contribution in [2.75, 3.05) is 0 Å². The molecule has 1 nitrogen and oxygen atoms in total. The average Bonchev–Trinajstić information content (AvgIpc) is 2.29. The van der Waals surface area contributed by atoms with Crippen LogP contribution in [0.4, 0.5) is 0 Å². The summed E-state index contributed by atoms with van der Waals surface area (Å²) in [6.45, 7) is 2.33. The highest BCUT2D eigenvalue weighted by Gasteiger charge is 2.25. The fourth-order valence-corrected chi connectivity index (χ4v) is 2.89. The van der Waals surface area contributed by atoms with Gasteiger partial charge in [0.1, 0.15) is 0 Å². The molecule has 3 unspecified atom stereocenters. The lowest BCUT2D eigenvalue weighted by Crippen LogP contribution is -2.26. The van der Waals surface area contributed by atoms with E-state index in [1.807, 2.05) is 12.1 Å². The Kier molecular flexibility index (Phi) is 3.88. The van der Waals surface area contributed by atoms with Crippen LogP contribution in [-0.4, -0.2) is 0 Å². The SMILES string of the molecule is CC1CCCC(C(N)c2ccc(Cl)cc2)C1. The maximum atomic E-state index is 6.34. The molecule has 1 aliphatic carbocycles. The molecule has 0 aromatic heterocycles. The highest BCUT2D eigenvalue weighted by atomic mass is 35.5. The van der Waals surface area contributed by atoms with Gasteiger partial charge in [0.15, 0.2) is 0 Å². The van der Waals surface area contributed by atoms with E-state index in [2.05, 4.69) is 19.1 Å². The van der Waals surface area contributed by atoms with E-state index in [-0.39, 0.29) is 6.04 Å². The topological polar surface area (TPSA) is 26.0 Å². The summed E-state index contributed by atoms with van der Waals surface area (Å²) in [6, 6.07) is 8.17. The Bertz CT molecular complexity index is 333. The maximum Gasteiger partial charge on any atom is 0.0406 e. The lowest BCUT2D eigenvalue weighted by atomic mass is 9.77. The minimum Gasteiger partial charge on any atom is -0.324 e. The van der Waals surface area contributed by atoms with Crippen molar-refractivity contribution in [1.29, 1.82) is 0 Å². The lowest BCUT2D eigenvalue weighted by Gasteiger charge is -2.31. The molecule has 2 N–H and O–H groups in total. The predicted octanol–water partition coefficient (Wildman–Crippen LogP) is 4.17. The molecule has 0 bridgehead atoms. The van der Waals surface area contributed by atoms with E-state index in [1.165, 1.54) is 31.2 Å². The zero-order valence-corrected chi connectivity index (χ0v) is 10.6.